The van der Waals surface area contributed by atoms with Crippen molar-refractivity contribution in [2.24, 2.45) is 16.6 Å². The minimum Gasteiger partial charge on any atom is -0.493 e. The van der Waals surface area contributed by atoms with Crippen LogP contribution in [0.3, 0.4) is 0 Å². The first-order chi connectivity index (χ1) is 20.6. The summed E-state index contributed by atoms with van der Waals surface area (Å²) in [5, 5.41) is 3.24. The second kappa shape index (κ2) is 13.8. The molecule has 0 aliphatic carbocycles. The zero-order chi connectivity index (χ0) is 31.3. The SMILES string of the molecule is C=C1/C2=C\C=C(/C)C(=O)NC3CC(C)(C)Oc4ccc(cc43)CCCCC3CC(=O)N(C(N)=N3)C1C(COC)CO2.CC. The first-order valence-corrected chi connectivity index (χ1v) is 15.5. The molecule has 9 nitrogen and oxygen atoms in total. The molecule has 5 heterocycles. The fraction of sp³-hybridized carbons (Fsp3) is 0.559. The maximum Gasteiger partial charge on any atom is 0.247 e. The zero-order valence-electron chi connectivity index (χ0n) is 26.6. The summed E-state index contributed by atoms with van der Waals surface area (Å²) in [7, 11) is 1.62. The van der Waals surface area contributed by atoms with Gasteiger partial charge in [-0.25, -0.2) is 4.99 Å². The molecule has 6 bridgehead atoms. The Labute approximate surface area is 256 Å². The molecule has 43 heavy (non-hydrogen) atoms. The topological polar surface area (TPSA) is 115 Å². The Morgan fingerprint density at radius 2 is 1.98 bits per heavy atom. The maximum absolute atomic E-state index is 13.5. The largest absolute Gasteiger partial charge is 0.493 e. The van der Waals surface area contributed by atoms with E-state index in [4.69, 9.17) is 24.9 Å². The highest BCUT2D eigenvalue weighted by Crippen LogP contribution is 2.40. The molecule has 4 atom stereocenters. The van der Waals surface area contributed by atoms with Crippen LogP contribution in [0.25, 0.3) is 0 Å². The van der Waals surface area contributed by atoms with Gasteiger partial charge in [-0.05, 0) is 57.7 Å². The van der Waals surface area contributed by atoms with Crippen molar-refractivity contribution in [1.82, 2.24) is 10.2 Å². The molecule has 5 aliphatic heterocycles. The molecule has 0 aromatic heterocycles. The van der Waals surface area contributed by atoms with Crippen LogP contribution in [0, 0.1) is 5.92 Å². The number of nitrogens with two attached hydrogens (primary N) is 1. The smallest absolute Gasteiger partial charge is 0.247 e. The first kappa shape index (κ1) is 32.3. The number of methoxy groups -OCH3 is 1. The highest BCUT2D eigenvalue weighted by atomic mass is 16.5. The van der Waals surface area contributed by atoms with E-state index < -0.39 is 11.6 Å². The van der Waals surface area contributed by atoms with Gasteiger partial charge in [-0.3, -0.25) is 14.5 Å². The van der Waals surface area contributed by atoms with E-state index >= 15 is 0 Å². The molecule has 6 rings (SSSR count). The molecule has 1 fully saturated rings. The van der Waals surface area contributed by atoms with Crippen LogP contribution in [0.4, 0.5) is 0 Å². The second-order valence-electron chi connectivity index (χ2n) is 12.2. The lowest BCUT2D eigenvalue weighted by Gasteiger charge is -2.43. The number of amides is 2. The molecule has 0 saturated carbocycles. The van der Waals surface area contributed by atoms with Crippen LogP contribution < -0.4 is 15.8 Å². The van der Waals surface area contributed by atoms with Crippen LogP contribution in [-0.4, -0.2) is 60.7 Å². The van der Waals surface area contributed by atoms with Gasteiger partial charge in [0.2, 0.25) is 11.8 Å². The van der Waals surface area contributed by atoms with Gasteiger partial charge < -0.3 is 25.3 Å². The average molecular weight is 593 g/mol. The van der Waals surface area contributed by atoms with Crippen LogP contribution in [0.15, 0.2) is 58.8 Å². The number of fused-ring (bicyclic) bond motifs is 7. The third kappa shape index (κ3) is 7.32. The Morgan fingerprint density at radius 3 is 2.70 bits per heavy atom. The molecule has 5 aliphatic rings. The molecule has 0 radical (unpaired) electrons. The van der Waals surface area contributed by atoms with E-state index in [0.29, 0.717) is 43.0 Å². The summed E-state index contributed by atoms with van der Waals surface area (Å²) < 4.78 is 17.8. The number of ether oxygens (including phenoxy) is 3. The van der Waals surface area contributed by atoms with E-state index in [2.05, 4.69) is 24.0 Å². The normalized spacial score (nSPS) is 29.7. The summed E-state index contributed by atoms with van der Waals surface area (Å²) in [6.07, 6.45) is 7.99. The van der Waals surface area contributed by atoms with Crippen LogP contribution in [0.5, 0.6) is 5.75 Å². The number of aliphatic imine (C=N–C) groups is 1. The van der Waals surface area contributed by atoms with Gasteiger partial charge in [-0.15, -0.1) is 0 Å². The van der Waals surface area contributed by atoms with Gasteiger partial charge in [0.05, 0.1) is 31.3 Å². The number of nitrogens with zero attached hydrogens (tertiary/aromatic N) is 2. The maximum atomic E-state index is 13.5. The van der Waals surface area contributed by atoms with Crippen LogP contribution in [0.2, 0.25) is 0 Å². The molecular weight excluding hydrogens is 544 g/mol. The lowest BCUT2D eigenvalue weighted by molar-refractivity contribution is -0.131. The first-order valence-electron chi connectivity index (χ1n) is 15.5. The highest BCUT2D eigenvalue weighted by molar-refractivity contribution is 5.99. The summed E-state index contributed by atoms with van der Waals surface area (Å²) in [6, 6.07) is 5.51. The number of aryl methyl sites for hydroxylation is 1. The minimum absolute atomic E-state index is 0.0693. The highest BCUT2D eigenvalue weighted by Gasteiger charge is 2.42. The number of rotatable bonds is 2. The number of hydrogen-bond acceptors (Lipinski definition) is 7. The van der Waals surface area contributed by atoms with Crippen molar-refractivity contribution < 1.29 is 23.8 Å². The Kier molecular flexibility index (Phi) is 10.4. The van der Waals surface area contributed by atoms with E-state index in [-0.39, 0.29) is 35.8 Å². The van der Waals surface area contributed by atoms with Crippen molar-refractivity contribution in [3.8, 4) is 5.75 Å². The lowest BCUT2D eigenvalue weighted by Crippen LogP contribution is -2.58. The van der Waals surface area contributed by atoms with E-state index in [1.807, 2.05) is 33.8 Å². The number of carbonyl (C=O) groups is 2. The van der Waals surface area contributed by atoms with Crippen molar-refractivity contribution in [2.75, 3.05) is 20.3 Å². The lowest BCUT2D eigenvalue weighted by atomic mass is 9.87. The standard InChI is InChI=1S/C32H42N4O5.C2H6/c1-19-10-12-26-20(2)29(22(17-39-5)18-40-26)36-28(37)15-23(34-31(36)33)9-7-6-8-21-11-13-27-24(14-21)25(35-30(19)38)16-32(3,4)41-27;1-2/h10-14,22-23,25,29H,2,6-9,15-18H2,1,3-5H3,(H2,33,34)(H,35,38);1-2H3/b19-10+,26-12+;. The number of carbonyl (C=O) groups excluding carboxylic acids is 2. The Bertz CT molecular complexity index is 1310. The summed E-state index contributed by atoms with van der Waals surface area (Å²) >= 11 is 0. The van der Waals surface area contributed by atoms with Gasteiger partial charge in [0, 0.05) is 42.6 Å². The van der Waals surface area contributed by atoms with Crippen molar-refractivity contribution in [1.29, 1.82) is 0 Å². The third-order valence-corrected chi connectivity index (χ3v) is 8.41. The van der Waals surface area contributed by atoms with Gasteiger partial charge in [-0.1, -0.05) is 45.1 Å². The number of allylic oxidation sites excluding steroid dienone is 2. The average Bonchev–Trinajstić information content (AvgIpc) is 2.96. The van der Waals surface area contributed by atoms with Crippen molar-refractivity contribution in [2.45, 2.75) is 96.9 Å². The van der Waals surface area contributed by atoms with Gasteiger partial charge >= 0.3 is 0 Å². The van der Waals surface area contributed by atoms with Crippen molar-refractivity contribution in [3.05, 3.63) is 65.0 Å². The molecule has 3 N–H and O–H groups in total. The minimum atomic E-state index is -0.451. The Balaban J connectivity index is 0.00000207. The summed E-state index contributed by atoms with van der Waals surface area (Å²) in [4.78, 5) is 33.1. The molecule has 2 amide bonds. The van der Waals surface area contributed by atoms with E-state index in [1.165, 1.54) is 5.56 Å². The van der Waals surface area contributed by atoms with Crippen molar-refractivity contribution in [3.63, 3.8) is 0 Å². The molecule has 4 unspecified atom stereocenters. The van der Waals surface area contributed by atoms with Crippen LogP contribution in [0.1, 0.15) is 83.9 Å². The van der Waals surface area contributed by atoms with Crippen LogP contribution in [-0.2, 0) is 25.5 Å². The molecule has 0 spiro atoms. The van der Waals surface area contributed by atoms with Crippen LogP contribution >= 0.6 is 0 Å². The third-order valence-electron chi connectivity index (χ3n) is 8.41. The Hall–Kier alpha value is -3.59. The number of nitrogens with one attached hydrogen (secondary N) is 1. The van der Waals surface area contributed by atoms with E-state index in [1.54, 1.807) is 31.1 Å². The number of hydrogen-bond donors (Lipinski definition) is 2. The summed E-state index contributed by atoms with van der Waals surface area (Å²) in [5.74, 6) is 1.13. The second-order valence-corrected chi connectivity index (χ2v) is 12.2. The predicted molar refractivity (Wildman–Crippen MR) is 169 cm³/mol. The van der Waals surface area contributed by atoms with Gasteiger partial charge in [0.15, 0.2) is 5.96 Å². The van der Waals surface area contributed by atoms with Crippen molar-refractivity contribution >= 4 is 17.8 Å². The zero-order valence-corrected chi connectivity index (χ0v) is 26.6. The van der Waals surface area contributed by atoms with E-state index in [0.717, 1.165) is 37.0 Å². The molecule has 1 saturated heterocycles. The molecule has 1 aromatic carbocycles. The molecular formula is C34H48N4O5. The number of guanidine groups is 1. The summed E-state index contributed by atoms with van der Waals surface area (Å²) in [5.41, 5.74) is 9.36. The molecule has 1 aromatic rings. The monoisotopic (exact) mass is 592 g/mol. The van der Waals surface area contributed by atoms with Gasteiger partial charge in [0.1, 0.15) is 17.1 Å². The predicted octanol–water partition coefficient (Wildman–Crippen LogP) is 5.12. The fourth-order valence-corrected chi connectivity index (χ4v) is 6.32. The van der Waals surface area contributed by atoms with Gasteiger partial charge in [-0.2, -0.15) is 0 Å². The molecule has 234 valence electrons. The quantitative estimate of drug-likeness (QED) is 0.493. The molecule has 9 heteroatoms. The number of benzene rings is 1. The van der Waals surface area contributed by atoms with Gasteiger partial charge in [0.25, 0.3) is 0 Å². The van der Waals surface area contributed by atoms with E-state index in [9.17, 15) is 9.59 Å². The fourth-order valence-electron chi connectivity index (χ4n) is 6.32. The Morgan fingerprint density at radius 1 is 1.21 bits per heavy atom. The summed E-state index contributed by atoms with van der Waals surface area (Å²) in [6.45, 7) is 14.8.